The molecule has 1 aromatic rings. The third-order valence-corrected chi connectivity index (χ3v) is 3.07. The van der Waals surface area contributed by atoms with Gasteiger partial charge in [0.15, 0.2) is 0 Å². The van der Waals surface area contributed by atoms with Crippen molar-refractivity contribution in [3.63, 3.8) is 0 Å². The summed E-state index contributed by atoms with van der Waals surface area (Å²) < 4.78 is 0. The predicted octanol–water partition coefficient (Wildman–Crippen LogP) is 2.33. The molecule has 1 aromatic heterocycles. The molecule has 0 saturated carbocycles. The lowest BCUT2D eigenvalue weighted by atomic mass is 10.1. The van der Waals surface area contributed by atoms with Crippen molar-refractivity contribution < 1.29 is 9.90 Å². The second-order valence-electron chi connectivity index (χ2n) is 4.24. The van der Waals surface area contributed by atoms with E-state index in [2.05, 4.69) is 16.8 Å². The lowest BCUT2D eigenvalue weighted by molar-refractivity contribution is -0.138. The fourth-order valence-corrected chi connectivity index (χ4v) is 2.15. The van der Waals surface area contributed by atoms with Crippen LogP contribution in [0.3, 0.4) is 0 Å². The van der Waals surface area contributed by atoms with E-state index in [4.69, 9.17) is 5.11 Å². The molecule has 1 N–H and O–H groups in total. The zero-order valence-electron chi connectivity index (χ0n) is 10.6. The third-order valence-electron chi connectivity index (χ3n) is 3.07. The number of aliphatic carboxylic acids is 1. The molecule has 0 saturated heterocycles. The molecule has 0 aliphatic heterocycles. The van der Waals surface area contributed by atoms with E-state index in [0.29, 0.717) is 0 Å². The van der Waals surface area contributed by atoms with E-state index in [1.165, 1.54) is 0 Å². The van der Waals surface area contributed by atoms with E-state index in [1.807, 2.05) is 32.2 Å². The molecule has 0 spiro atoms. The Hall–Kier alpha value is -1.42. The first kappa shape index (κ1) is 13.6. The molecular weight excluding hydrogens is 216 g/mol. The van der Waals surface area contributed by atoms with Gasteiger partial charge in [0.2, 0.25) is 0 Å². The van der Waals surface area contributed by atoms with E-state index >= 15 is 0 Å². The average molecular weight is 236 g/mol. The summed E-state index contributed by atoms with van der Waals surface area (Å²) >= 11 is 0. The summed E-state index contributed by atoms with van der Waals surface area (Å²) in [6, 6.07) is 4.13. The summed E-state index contributed by atoms with van der Waals surface area (Å²) in [5, 5.41) is 8.84. The summed E-state index contributed by atoms with van der Waals surface area (Å²) in [6.45, 7) is 6.90. The lowest BCUT2D eigenvalue weighted by Gasteiger charge is -2.33. The maximum atomic E-state index is 10.8. The molecule has 2 atom stereocenters. The van der Waals surface area contributed by atoms with Crippen LogP contribution in [0.15, 0.2) is 24.5 Å². The molecular formula is C13H20N2O2. The molecule has 0 aliphatic carbocycles. The minimum atomic E-state index is -0.755. The quantitative estimate of drug-likeness (QED) is 0.823. The van der Waals surface area contributed by atoms with Crippen LogP contribution in [0.25, 0.3) is 0 Å². The van der Waals surface area contributed by atoms with Crippen molar-refractivity contribution in [1.29, 1.82) is 0 Å². The number of hydrogen-bond donors (Lipinski definition) is 1. The van der Waals surface area contributed by atoms with Crippen LogP contribution in [0.5, 0.6) is 0 Å². The largest absolute Gasteiger partial charge is 0.481 e. The highest BCUT2D eigenvalue weighted by Crippen LogP contribution is 2.22. The van der Waals surface area contributed by atoms with Gasteiger partial charge in [-0.1, -0.05) is 13.0 Å². The second kappa shape index (κ2) is 6.35. The molecule has 4 heteroatoms. The maximum Gasteiger partial charge on any atom is 0.304 e. The molecule has 0 bridgehead atoms. The first-order valence-corrected chi connectivity index (χ1v) is 5.93. The molecule has 0 fully saturated rings. The van der Waals surface area contributed by atoms with Crippen LogP contribution < -0.4 is 0 Å². The van der Waals surface area contributed by atoms with E-state index in [9.17, 15) is 4.79 Å². The number of aromatic nitrogens is 1. The minimum absolute atomic E-state index is 0.0210. The van der Waals surface area contributed by atoms with Gasteiger partial charge in [0.25, 0.3) is 0 Å². The van der Waals surface area contributed by atoms with Crippen LogP contribution in [0.4, 0.5) is 0 Å². The molecule has 94 valence electrons. The number of pyridine rings is 1. The molecule has 0 aromatic carbocycles. The molecule has 0 amide bonds. The molecule has 17 heavy (non-hydrogen) atoms. The monoisotopic (exact) mass is 236 g/mol. The van der Waals surface area contributed by atoms with Gasteiger partial charge >= 0.3 is 5.97 Å². The Balaban J connectivity index is 2.76. The van der Waals surface area contributed by atoms with Crippen molar-refractivity contribution in [3.8, 4) is 0 Å². The van der Waals surface area contributed by atoms with Crippen molar-refractivity contribution in [2.75, 3.05) is 6.54 Å². The van der Waals surface area contributed by atoms with Gasteiger partial charge in [-0.25, -0.2) is 0 Å². The Morgan fingerprint density at radius 1 is 1.53 bits per heavy atom. The van der Waals surface area contributed by atoms with Crippen molar-refractivity contribution in [2.45, 2.75) is 39.3 Å². The minimum Gasteiger partial charge on any atom is -0.481 e. The molecule has 1 rings (SSSR count). The summed E-state index contributed by atoms with van der Waals surface area (Å²) in [6.07, 6.45) is 3.74. The molecule has 0 radical (unpaired) electrons. The number of nitrogens with zero attached hydrogens (tertiary/aromatic N) is 2. The second-order valence-corrected chi connectivity index (χ2v) is 4.24. The summed E-state index contributed by atoms with van der Waals surface area (Å²) in [5.41, 5.74) is 1.12. The highest BCUT2D eigenvalue weighted by atomic mass is 16.4. The number of carboxylic acid groups (broad SMARTS) is 1. The van der Waals surface area contributed by atoms with Crippen molar-refractivity contribution in [2.24, 2.45) is 0 Å². The Labute approximate surface area is 102 Å². The Morgan fingerprint density at radius 2 is 2.24 bits per heavy atom. The highest BCUT2D eigenvalue weighted by Gasteiger charge is 2.21. The van der Waals surface area contributed by atoms with Gasteiger partial charge in [-0.15, -0.1) is 0 Å². The van der Waals surface area contributed by atoms with Gasteiger partial charge in [0.05, 0.1) is 6.42 Å². The fraction of sp³-hybridized carbons (Fsp3) is 0.538. The SMILES string of the molecule is CCN(C(C)CC(=O)O)C(C)c1cccnc1. The van der Waals surface area contributed by atoms with Gasteiger partial charge in [-0.05, 0) is 32.0 Å². The van der Waals surface area contributed by atoms with Crippen LogP contribution in [-0.4, -0.2) is 33.5 Å². The number of hydrogen-bond acceptors (Lipinski definition) is 3. The first-order chi connectivity index (χ1) is 8.06. The first-order valence-electron chi connectivity index (χ1n) is 5.93. The number of carboxylic acids is 1. The van der Waals surface area contributed by atoms with Crippen molar-refractivity contribution in [3.05, 3.63) is 30.1 Å². The Bertz CT molecular complexity index is 354. The lowest BCUT2D eigenvalue weighted by Crippen LogP contribution is -2.36. The van der Waals surface area contributed by atoms with Gasteiger partial charge < -0.3 is 5.11 Å². The smallest absolute Gasteiger partial charge is 0.304 e. The van der Waals surface area contributed by atoms with Crippen LogP contribution in [0.1, 0.15) is 38.8 Å². The van der Waals surface area contributed by atoms with E-state index in [0.717, 1.165) is 12.1 Å². The van der Waals surface area contributed by atoms with Crippen molar-refractivity contribution in [1.82, 2.24) is 9.88 Å². The summed E-state index contributed by atoms with van der Waals surface area (Å²) in [7, 11) is 0. The zero-order chi connectivity index (χ0) is 12.8. The van der Waals surface area contributed by atoms with E-state index < -0.39 is 5.97 Å². The normalized spacial score (nSPS) is 14.6. The van der Waals surface area contributed by atoms with Gasteiger partial charge in [0, 0.05) is 24.5 Å². The van der Waals surface area contributed by atoms with Crippen LogP contribution >= 0.6 is 0 Å². The standard InChI is InChI=1S/C13H20N2O2/c1-4-15(10(2)8-13(16)17)11(3)12-6-5-7-14-9-12/h5-7,9-11H,4,8H2,1-3H3,(H,16,17). The Kier molecular flexibility index (Phi) is 5.10. The van der Waals surface area contributed by atoms with Gasteiger partial charge in [0.1, 0.15) is 0 Å². The van der Waals surface area contributed by atoms with E-state index in [1.54, 1.807) is 6.20 Å². The fourth-order valence-electron chi connectivity index (χ4n) is 2.15. The van der Waals surface area contributed by atoms with Gasteiger partial charge in [-0.2, -0.15) is 0 Å². The van der Waals surface area contributed by atoms with Crippen LogP contribution in [-0.2, 0) is 4.79 Å². The maximum absolute atomic E-state index is 10.8. The average Bonchev–Trinajstić information content (AvgIpc) is 2.30. The zero-order valence-corrected chi connectivity index (χ0v) is 10.6. The van der Waals surface area contributed by atoms with Crippen LogP contribution in [0, 0.1) is 0 Å². The summed E-state index contributed by atoms with van der Waals surface area (Å²) in [4.78, 5) is 17.0. The van der Waals surface area contributed by atoms with E-state index in [-0.39, 0.29) is 18.5 Å². The third kappa shape index (κ3) is 3.82. The summed E-state index contributed by atoms with van der Waals surface area (Å²) in [5.74, 6) is -0.755. The van der Waals surface area contributed by atoms with Gasteiger partial charge in [-0.3, -0.25) is 14.7 Å². The predicted molar refractivity (Wildman–Crippen MR) is 66.7 cm³/mol. The highest BCUT2D eigenvalue weighted by molar-refractivity contribution is 5.67. The van der Waals surface area contributed by atoms with Crippen molar-refractivity contribution >= 4 is 5.97 Å². The topological polar surface area (TPSA) is 53.4 Å². The molecule has 4 nitrogen and oxygen atoms in total. The number of carbonyl (C=O) groups is 1. The molecule has 2 unspecified atom stereocenters. The number of rotatable bonds is 6. The van der Waals surface area contributed by atoms with Crippen LogP contribution in [0.2, 0.25) is 0 Å². The molecule has 1 heterocycles. The Morgan fingerprint density at radius 3 is 2.71 bits per heavy atom. The molecule has 0 aliphatic rings.